The second-order valence-electron chi connectivity index (χ2n) is 3.54. The molecule has 2 N–H and O–H groups in total. The first-order chi connectivity index (χ1) is 8.66. The quantitative estimate of drug-likeness (QED) is 0.829. The number of carboxylic acids is 1. The Kier molecular flexibility index (Phi) is 3.74. The first-order valence-electron chi connectivity index (χ1n) is 5.19. The minimum Gasteiger partial charge on any atom is -0.478 e. The maximum Gasteiger partial charge on any atom is 0.339 e. The minimum atomic E-state index is -1.05. The molecule has 0 spiro atoms. The molecule has 0 atom stereocenters. The highest BCUT2D eigenvalue weighted by Gasteiger charge is 2.11. The van der Waals surface area contributed by atoms with Gasteiger partial charge < -0.3 is 10.4 Å². The lowest BCUT2D eigenvalue weighted by Gasteiger charge is -2.08. The van der Waals surface area contributed by atoms with Crippen molar-refractivity contribution in [3.63, 3.8) is 0 Å². The molecule has 0 aromatic carbocycles. The van der Waals surface area contributed by atoms with Crippen LogP contribution >= 0.6 is 11.6 Å². The highest BCUT2D eigenvalue weighted by atomic mass is 35.5. The SMILES string of the molecule is O=C(O)c1ccc(Cl)nc1NCc1ccncc1. The fourth-order valence-corrected chi connectivity index (χ4v) is 1.58. The smallest absolute Gasteiger partial charge is 0.339 e. The molecule has 92 valence electrons. The van der Waals surface area contributed by atoms with Crippen LogP contribution in [0.4, 0.5) is 5.82 Å². The largest absolute Gasteiger partial charge is 0.478 e. The third-order valence-corrected chi connectivity index (χ3v) is 2.51. The lowest BCUT2D eigenvalue weighted by Crippen LogP contribution is -2.08. The normalized spacial score (nSPS) is 10.1. The predicted molar refractivity (Wildman–Crippen MR) is 67.8 cm³/mol. The van der Waals surface area contributed by atoms with E-state index in [0.29, 0.717) is 6.54 Å². The lowest BCUT2D eigenvalue weighted by molar-refractivity contribution is 0.0697. The summed E-state index contributed by atoms with van der Waals surface area (Å²) in [6.45, 7) is 0.455. The Bertz CT molecular complexity index is 561. The zero-order chi connectivity index (χ0) is 13.0. The van der Waals surface area contributed by atoms with Gasteiger partial charge >= 0.3 is 5.97 Å². The first-order valence-corrected chi connectivity index (χ1v) is 5.57. The van der Waals surface area contributed by atoms with Gasteiger partial charge in [-0.3, -0.25) is 4.98 Å². The molecule has 0 radical (unpaired) electrons. The summed E-state index contributed by atoms with van der Waals surface area (Å²) in [7, 11) is 0. The van der Waals surface area contributed by atoms with E-state index in [1.807, 2.05) is 12.1 Å². The van der Waals surface area contributed by atoms with Crippen molar-refractivity contribution < 1.29 is 9.90 Å². The lowest BCUT2D eigenvalue weighted by atomic mass is 10.2. The average molecular weight is 264 g/mol. The Morgan fingerprint density at radius 2 is 2.00 bits per heavy atom. The molecule has 0 fully saturated rings. The van der Waals surface area contributed by atoms with Crippen LogP contribution in [0.15, 0.2) is 36.7 Å². The number of hydrogen-bond acceptors (Lipinski definition) is 4. The molecule has 0 aliphatic heterocycles. The molecular formula is C12H10ClN3O2. The number of halogens is 1. The highest BCUT2D eigenvalue weighted by molar-refractivity contribution is 6.29. The zero-order valence-corrected chi connectivity index (χ0v) is 10.1. The number of carboxylic acid groups (broad SMARTS) is 1. The third-order valence-electron chi connectivity index (χ3n) is 2.30. The summed E-state index contributed by atoms with van der Waals surface area (Å²) < 4.78 is 0. The van der Waals surface area contributed by atoms with Crippen molar-refractivity contribution in [1.82, 2.24) is 9.97 Å². The van der Waals surface area contributed by atoms with Gasteiger partial charge in [0.05, 0.1) is 0 Å². The Morgan fingerprint density at radius 1 is 1.28 bits per heavy atom. The van der Waals surface area contributed by atoms with Crippen molar-refractivity contribution in [3.8, 4) is 0 Å². The van der Waals surface area contributed by atoms with Gasteiger partial charge in [-0.25, -0.2) is 9.78 Å². The molecule has 2 heterocycles. The molecule has 0 saturated heterocycles. The summed E-state index contributed by atoms with van der Waals surface area (Å²) >= 11 is 5.75. The molecule has 0 saturated carbocycles. The molecule has 0 bridgehead atoms. The van der Waals surface area contributed by atoms with Crippen LogP contribution in [-0.4, -0.2) is 21.0 Å². The van der Waals surface area contributed by atoms with Gasteiger partial charge in [0.15, 0.2) is 0 Å². The maximum absolute atomic E-state index is 11.0. The molecule has 18 heavy (non-hydrogen) atoms. The van der Waals surface area contributed by atoms with E-state index in [-0.39, 0.29) is 16.5 Å². The van der Waals surface area contributed by atoms with Crippen molar-refractivity contribution >= 4 is 23.4 Å². The Morgan fingerprint density at radius 3 is 2.67 bits per heavy atom. The molecule has 0 aliphatic carbocycles. The van der Waals surface area contributed by atoms with Crippen molar-refractivity contribution in [1.29, 1.82) is 0 Å². The number of aromatic carboxylic acids is 1. The topological polar surface area (TPSA) is 75.1 Å². The van der Waals surface area contributed by atoms with Gasteiger partial charge in [-0.2, -0.15) is 0 Å². The van der Waals surface area contributed by atoms with Gasteiger partial charge in [0.1, 0.15) is 16.5 Å². The second-order valence-corrected chi connectivity index (χ2v) is 3.93. The number of rotatable bonds is 4. The van der Waals surface area contributed by atoms with Gasteiger partial charge in [0.25, 0.3) is 0 Å². The maximum atomic E-state index is 11.0. The fraction of sp³-hybridized carbons (Fsp3) is 0.0833. The van der Waals surface area contributed by atoms with Gasteiger partial charge in [0, 0.05) is 18.9 Å². The average Bonchev–Trinajstić information content (AvgIpc) is 2.37. The standard InChI is InChI=1S/C12H10ClN3O2/c13-10-2-1-9(12(17)18)11(16-10)15-7-8-3-5-14-6-4-8/h1-6H,7H2,(H,15,16)(H,17,18). The number of anilines is 1. The number of pyridine rings is 2. The van der Waals surface area contributed by atoms with Crippen LogP contribution < -0.4 is 5.32 Å². The zero-order valence-electron chi connectivity index (χ0n) is 9.30. The van der Waals surface area contributed by atoms with Gasteiger partial charge in [-0.1, -0.05) is 11.6 Å². The van der Waals surface area contributed by atoms with Crippen LogP contribution in [0.5, 0.6) is 0 Å². The number of hydrogen-bond donors (Lipinski definition) is 2. The number of aromatic nitrogens is 2. The summed E-state index contributed by atoms with van der Waals surface area (Å²) in [6.07, 6.45) is 3.33. The third kappa shape index (κ3) is 2.95. The van der Waals surface area contributed by atoms with E-state index in [1.54, 1.807) is 12.4 Å². The summed E-state index contributed by atoms with van der Waals surface area (Å²) in [6, 6.07) is 6.53. The van der Waals surface area contributed by atoms with E-state index < -0.39 is 5.97 Å². The van der Waals surface area contributed by atoms with E-state index in [0.717, 1.165) is 5.56 Å². The van der Waals surface area contributed by atoms with E-state index in [9.17, 15) is 4.79 Å². The van der Waals surface area contributed by atoms with Crippen LogP contribution in [-0.2, 0) is 6.54 Å². The van der Waals surface area contributed by atoms with Gasteiger partial charge in [-0.05, 0) is 29.8 Å². The Hall–Kier alpha value is -2.14. The van der Waals surface area contributed by atoms with E-state index >= 15 is 0 Å². The summed E-state index contributed by atoms with van der Waals surface area (Å²) in [5, 5.41) is 12.2. The van der Waals surface area contributed by atoms with E-state index in [2.05, 4.69) is 15.3 Å². The van der Waals surface area contributed by atoms with Crippen molar-refractivity contribution in [2.75, 3.05) is 5.32 Å². The summed E-state index contributed by atoms with van der Waals surface area (Å²) in [4.78, 5) is 18.9. The fourth-order valence-electron chi connectivity index (χ4n) is 1.43. The summed E-state index contributed by atoms with van der Waals surface area (Å²) in [5.41, 5.74) is 1.07. The molecule has 0 amide bonds. The predicted octanol–water partition coefficient (Wildman–Crippen LogP) is 2.44. The van der Waals surface area contributed by atoms with Gasteiger partial charge in [-0.15, -0.1) is 0 Å². The van der Waals surface area contributed by atoms with E-state index in [1.165, 1.54) is 12.1 Å². The monoisotopic (exact) mass is 263 g/mol. The van der Waals surface area contributed by atoms with Crippen molar-refractivity contribution in [2.45, 2.75) is 6.54 Å². The van der Waals surface area contributed by atoms with E-state index in [4.69, 9.17) is 16.7 Å². The van der Waals surface area contributed by atoms with Crippen LogP contribution in [0.3, 0.4) is 0 Å². The number of nitrogens with zero attached hydrogens (tertiary/aromatic N) is 2. The van der Waals surface area contributed by atoms with Crippen LogP contribution in [0, 0.1) is 0 Å². The molecule has 2 aromatic heterocycles. The first kappa shape index (κ1) is 12.3. The van der Waals surface area contributed by atoms with Gasteiger partial charge in [0.2, 0.25) is 0 Å². The molecule has 2 rings (SSSR count). The number of carbonyl (C=O) groups is 1. The molecule has 0 aliphatic rings. The molecule has 6 heteroatoms. The number of nitrogens with one attached hydrogen (secondary N) is 1. The molecule has 5 nitrogen and oxygen atoms in total. The molecule has 2 aromatic rings. The Balaban J connectivity index is 2.18. The van der Waals surface area contributed by atoms with Crippen LogP contribution in [0.1, 0.15) is 15.9 Å². The summed E-state index contributed by atoms with van der Waals surface area (Å²) in [5.74, 6) is -0.789. The van der Waals surface area contributed by atoms with Crippen molar-refractivity contribution in [2.24, 2.45) is 0 Å². The molecular weight excluding hydrogens is 254 g/mol. The Labute approximate surface area is 108 Å². The minimum absolute atomic E-state index is 0.0912. The molecule has 0 unspecified atom stereocenters. The van der Waals surface area contributed by atoms with Crippen LogP contribution in [0.2, 0.25) is 5.15 Å². The van der Waals surface area contributed by atoms with Crippen molar-refractivity contribution in [3.05, 3.63) is 52.9 Å². The van der Waals surface area contributed by atoms with Crippen LogP contribution in [0.25, 0.3) is 0 Å². The highest BCUT2D eigenvalue weighted by Crippen LogP contribution is 2.17. The second kappa shape index (κ2) is 5.46.